The van der Waals surface area contributed by atoms with E-state index in [1.807, 2.05) is 30.3 Å². The van der Waals surface area contributed by atoms with Crippen molar-refractivity contribution in [2.75, 3.05) is 6.61 Å². The van der Waals surface area contributed by atoms with Crippen molar-refractivity contribution in [2.24, 2.45) is 5.11 Å². The summed E-state index contributed by atoms with van der Waals surface area (Å²) in [7, 11) is 0. The molecule has 0 N–H and O–H groups in total. The van der Waals surface area contributed by atoms with Gasteiger partial charge in [-0.3, -0.25) is 0 Å². The van der Waals surface area contributed by atoms with E-state index >= 15 is 0 Å². The number of carbonyl (C=O) groups is 3. The van der Waals surface area contributed by atoms with Crippen molar-refractivity contribution in [2.45, 2.75) is 50.1 Å². The van der Waals surface area contributed by atoms with E-state index in [2.05, 4.69) is 10.0 Å². The van der Waals surface area contributed by atoms with Gasteiger partial charge in [0.2, 0.25) is 0 Å². The molecule has 0 radical (unpaired) electrons. The van der Waals surface area contributed by atoms with E-state index in [1.54, 1.807) is 0 Å². The van der Waals surface area contributed by atoms with E-state index < -0.39 is 47.3 Å². The molecule has 5 atom stereocenters. The van der Waals surface area contributed by atoms with Crippen molar-refractivity contribution in [1.82, 2.24) is 0 Å². The number of azide groups is 1. The zero-order chi connectivity index (χ0) is 21.4. The number of benzene rings is 1. The Kier molecular flexibility index (Phi) is 8.48. The first kappa shape index (κ1) is 22.7. The fraction of sp³-hybridized carbons (Fsp3) is 0.500. The Morgan fingerprint density at radius 3 is 2.24 bits per heavy atom. The van der Waals surface area contributed by atoms with Crippen LogP contribution in [-0.4, -0.2) is 68.8 Å². The summed E-state index contributed by atoms with van der Waals surface area (Å²) in [5.74, 6) is -1.82. The second-order valence-corrected chi connectivity index (χ2v) is 8.58. The third kappa shape index (κ3) is 6.76. The molecule has 11 heteroatoms. The molecule has 29 heavy (non-hydrogen) atoms. The molecule has 0 unspecified atom stereocenters. The van der Waals surface area contributed by atoms with Crippen LogP contribution in [0.15, 0.2) is 35.4 Å². The van der Waals surface area contributed by atoms with E-state index in [0.29, 0.717) is 0 Å². The van der Waals surface area contributed by atoms with Gasteiger partial charge in [-0.1, -0.05) is 0 Å². The van der Waals surface area contributed by atoms with Crippen LogP contribution in [0, 0.1) is 0 Å². The minimum absolute atomic E-state index is 0.213. The number of ether oxygens (including phenoxy) is 4. The Bertz CT molecular complexity index is 785. The molecule has 0 amide bonds. The first-order chi connectivity index (χ1) is 13.8. The molecule has 10 nitrogen and oxygen atoms in total. The van der Waals surface area contributed by atoms with Crippen molar-refractivity contribution >= 4 is 37.3 Å². The van der Waals surface area contributed by atoms with Crippen LogP contribution in [0.4, 0.5) is 0 Å². The molecule has 1 aromatic carbocycles. The molecule has 1 aromatic rings. The Labute approximate surface area is 173 Å². The fourth-order valence-corrected chi connectivity index (χ4v) is 5.17. The molecule has 0 bridgehead atoms. The number of esters is 3. The predicted molar refractivity (Wildman–Crippen MR) is 101 cm³/mol. The van der Waals surface area contributed by atoms with E-state index in [0.717, 1.165) is 4.46 Å². The van der Waals surface area contributed by atoms with Gasteiger partial charge in [0.25, 0.3) is 0 Å². The Morgan fingerprint density at radius 1 is 1.07 bits per heavy atom. The van der Waals surface area contributed by atoms with Gasteiger partial charge in [0.05, 0.1) is 0 Å². The second kappa shape index (κ2) is 10.8. The molecule has 0 aromatic heterocycles. The SMILES string of the molecule is CC(=O)OC[C@H]1O[C@H]([Se]c2ccccc2)[C@H](N=[N+]=[N-])[C@@H](OC(C)=O)[C@H]1OC(C)=O. The van der Waals surface area contributed by atoms with Gasteiger partial charge in [0.15, 0.2) is 0 Å². The number of rotatable bonds is 7. The first-order valence-electron chi connectivity index (χ1n) is 8.71. The van der Waals surface area contributed by atoms with Crippen LogP contribution in [0.1, 0.15) is 20.8 Å². The van der Waals surface area contributed by atoms with E-state index in [4.69, 9.17) is 24.5 Å². The summed E-state index contributed by atoms with van der Waals surface area (Å²) in [6.07, 6.45) is -3.08. The maximum atomic E-state index is 11.7. The predicted octanol–water partition coefficient (Wildman–Crippen LogP) is 0.846. The normalized spacial score (nSPS) is 26.0. The van der Waals surface area contributed by atoms with Crippen LogP contribution in [0.3, 0.4) is 0 Å². The third-order valence-corrected chi connectivity index (χ3v) is 6.30. The summed E-state index contributed by atoms with van der Waals surface area (Å²) in [5.41, 5.74) is 9.06. The van der Waals surface area contributed by atoms with Crippen LogP contribution < -0.4 is 4.46 Å². The summed E-state index contributed by atoms with van der Waals surface area (Å²) in [6, 6.07) is 8.47. The van der Waals surface area contributed by atoms with Crippen LogP contribution in [-0.2, 0) is 33.3 Å². The quantitative estimate of drug-likeness (QED) is 0.144. The monoisotopic (exact) mass is 471 g/mol. The summed E-state index contributed by atoms with van der Waals surface area (Å²) in [6.45, 7) is 3.42. The second-order valence-electron chi connectivity index (χ2n) is 6.12. The van der Waals surface area contributed by atoms with E-state index in [1.165, 1.54) is 20.8 Å². The van der Waals surface area contributed by atoms with Crippen molar-refractivity contribution in [1.29, 1.82) is 0 Å². The van der Waals surface area contributed by atoms with Gasteiger partial charge in [0.1, 0.15) is 0 Å². The topological polar surface area (TPSA) is 137 Å². The summed E-state index contributed by atoms with van der Waals surface area (Å²) in [4.78, 5) is 37.5. The van der Waals surface area contributed by atoms with Gasteiger partial charge < -0.3 is 0 Å². The minimum atomic E-state index is -1.10. The molecule has 156 valence electrons. The van der Waals surface area contributed by atoms with Crippen molar-refractivity contribution in [3.05, 3.63) is 40.8 Å². The van der Waals surface area contributed by atoms with Crippen LogP contribution >= 0.6 is 0 Å². The molecule has 1 heterocycles. The zero-order valence-corrected chi connectivity index (χ0v) is 17.8. The molecule has 0 spiro atoms. The average molecular weight is 470 g/mol. The number of nitrogens with zero attached hydrogens (tertiary/aromatic N) is 3. The van der Waals surface area contributed by atoms with Crippen LogP contribution in [0.25, 0.3) is 10.4 Å². The van der Waals surface area contributed by atoms with E-state index in [-0.39, 0.29) is 21.6 Å². The first-order valence-corrected chi connectivity index (χ1v) is 10.6. The molecule has 0 saturated carbocycles. The Morgan fingerprint density at radius 2 is 1.69 bits per heavy atom. The van der Waals surface area contributed by atoms with Crippen molar-refractivity contribution in [3.63, 3.8) is 0 Å². The van der Waals surface area contributed by atoms with Gasteiger partial charge in [-0.2, -0.15) is 0 Å². The summed E-state index contributed by atoms with van der Waals surface area (Å²) < 4.78 is 22.8. The zero-order valence-electron chi connectivity index (χ0n) is 16.1. The molecule has 1 aliphatic heterocycles. The number of hydrogen-bond acceptors (Lipinski definition) is 8. The molecule has 2 rings (SSSR count). The third-order valence-electron chi connectivity index (χ3n) is 3.85. The fourth-order valence-electron chi connectivity index (χ4n) is 2.80. The molecule has 1 fully saturated rings. The Hall–Kier alpha value is -2.58. The summed E-state index contributed by atoms with van der Waals surface area (Å²) in [5, 5.41) is 3.14. The molecule has 1 aliphatic rings. The van der Waals surface area contributed by atoms with Crippen molar-refractivity contribution < 1.29 is 33.3 Å². The summed E-state index contributed by atoms with van der Waals surface area (Å²) >= 11 is -0.339. The van der Waals surface area contributed by atoms with Crippen LogP contribution in [0.5, 0.6) is 0 Å². The number of hydrogen-bond donors (Lipinski definition) is 0. The van der Waals surface area contributed by atoms with Gasteiger partial charge in [0, 0.05) is 0 Å². The molecular formula is C18H21N3O7Se. The van der Waals surface area contributed by atoms with Gasteiger partial charge in [-0.25, -0.2) is 0 Å². The Balaban J connectivity index is 2.41. The number of carbonyl (C=O) groups excluding carboxylic acids is 3. The average Bonchev–Trinajstić information content (AvgIpc) is 2.65. The molecule has 0 aliphatic carbocycles. The van der Waals surface area contributed by atoms with E-state index in [9.17, 15) is 14.4 Å². The van der Waals surface area contributed by atoms with Crippen molar-refractivity contribution in [3.8, 4) is 0 Å². The molecule has 1 saturated heterocycles. The van der Waals surface area contributed by atoms with Gasteiger partial charge in [-0.05, 0) is 0 Å². The van der Waals surface area contributed by atoms with Crippen LogP contribution in [0.2, 0.25) is 0 Å². The molecular weight excluding hydrogens is 449 g/mol. The van der Waals surface area contributed by atoms with Gasteiger partial charge >= 0.3 is 173 Å². The van der Waals surface area contributed by atoms with Gasteiger partial charge in [-0.15, -0.1) is 0 Å². The maximum absolute atomic E-state index is 11.7. The standard InChI is InChI=1S/C18H21N3O7Se/c1-10(22)25-9-14-16(26-11(2)23)17(27-12(3)24)15(20-21-19)18(28-14)29-13-7-5-4-6-8-13/h4-8,14-18H,9H2,1-3H3/t14-,15-,16+,17-,18-/m1/s1.